The van der Waals surface area contributed by atoms with Crippen LogP contribution in [-0.2, 0) is 15.0 Å². The number of fused-ring (bicyclic) bond motifs is 3. The van der Waals surface area contributed by atoms with Gasteiger partial charge in [0.1, 0.15) is 11.5 Å². The van der Waals surface area contributed by atoms with E-state index in [0.717, 1.165) is 42.3 Å². The van der Waals surface area contributed by atoms with Crippen molar-refractivity contribution in [1.82, 2.24) is 0 Å². The molecule has 0 heterocycles. The van der Waals surface area contributed by atoms with Crippen LogP contribution in [0, 0.1) is 13.8 Å². The van der Waals surface area contributed by atoms with Crippen molar-refractivity contribution >= 4 is 55.0 Å². The molecule has 8 heteroatoms. The van der Waals surface area contributed by atoms with E-state index in [9.17, 15) is 9.59 Å². The Hall–Kier alpha value is -5.18. The molecule has 0 atom stereocenters. The van der Waals surface area contributed by atoms with E-state index in [-0.39, 0.29) is 25.0 Å². The highest BCUT2D eigenvalue weighted by Gasteiger charge is 2.45. The molecule has 0 saturated carbocycles. The minimum Gasteiger partial charge on any atom is -0.484 e. The highest BCUT2D eigenvalue weighted by atomic mass is 79.9. The topological polar surface area (TPSA) is 76.7 Å². The maximum absolute atomic E-state index is 12.9. The fraction of sp³-hybridized carbons (Fsp3) is 0.116. The average Bonchev–Trinajstić information content (AvgIpc) is 3.44. The van der Waals surface area contributed by atoms with Gasteiger partial charge >= 0.3 is 0 Å². The van der Waals surface area contributed by atoms with E-state index >= 15 is 0 Å². The molecule has 0 aliphatic heterocycles. The first kappa shape index (κ1) is 34.3. The van der Waals surface area contributed by atoms with Gasteiger partial charge in [0.05, 0.1) is 5.41 Å². The quantitative estimate of drug-likeness (QED) is 0.144. The smallest absolute Gasteiger partial charge is 0.262 e. The van der Waals surface area contributed by atoms with Crippen LogP contribution in [-0.4, -0.2) is 25.0 Å². The maximum Gasteiger partial charge on any atom is 0.262 e. The fourth-order valence-electron chi connectivity index (χ4n) is 6.74. The lowest BCUT2D eigenvalue weighted by molar-refractivity contribution is -0.118. The zero-order valence-electron chi connectivity index (χ0n) is 28.0. The van der Waals surface area contributed by atoms with Crippen LogP contribution >= 0.6 is 31.9 Å². The van der Waals surface area contributed by atoms with Crippen LogP contribution in [0.1, 0.15) is 33.4 Å². The van der Waals surface area contributed by atoms with Gasteiger partial charge in [-0.2, -0.15) is 0 Å². The lowest BCUT2D eigenvalue weighted by Gasteiger charge is -2.34. The molecule has 7 rings (SSSR count). The van der Waals surface area contributed by atoms with Crippen LogP contribution in [0.4, 0.5) is 11.4 Å². The van der Waals surface area contributed by atoms with E-state index in [1.54, 1.807) is 0 Å². The van der Waals surface area contributed by atoms with E-state index in [2.05, 4.69) is 115 Å². The van der Waals surface area contributed by atoms with Crippen LogP contribution in [0.3, 0.4) is 0 Å². The number of halogens is 2. The van der Waals surface area contributed by atoms with Crippen molar-refractivity contribution < 1.29 is 19.1 Å². The van der Waals surface area contributed by atoms with Gasteiger partial charge in [-0.25, -0.2) is 0 Å². The lowest BCUT2D eigenvalue weighted by atomic mass is 9.67. The summed E-state index contributed by atoms with van der Waals surface area (Å²) in [4.78, 5) is 25.7. The van der Waals surface area contributed by atoms with Crippen LogP contribution in [0.25, 0.3) is 11.1 Å². The van der Waals surface area contributed by atoms with E-state index < -0.39 is 5.41 Å². The predicted molar refractivity (Wildman–Crippen MR) is 210 cm³/mol. The van der Waals surface area contributed by atoms with Crippen LogP contribution in [0.5, 0.6) is 11.5 Å². The zero-order chi connectivity index (χ0) is 35.5. The Kier molecular flexibility index (Phi) is 9.80. The number of ether oxygens (including phenoxy) is 2. The number of carbonyl (C=O) groups is 2. The van der Waals surface area contributed by atoms with Gasteiger partial charge in [0.2, 0.25) is 0 Å². The SMILES string of the molecule is Cc1cc(OCC(=O)Nc2ccc(C3(c4ccc(NC(=O)COc5ccc(Br)c(C)c5)cc4)c4ccccc4-c4ccccc43)cc2)ccc1Br. The molecule has 0 radical (unpaired) electrons. The third-order valence-electron chi connectivity index (χ3n) is 9.15. The number of aryl methyl sites for hydroxylation is 2. The molecule has 6 aromatic rings. The van der Waals surface area contributed by atoms with Gasteiger partial charge in [0.15, 0.2) is 13.2 Å². The number of hydrogen-bond donors (Lipinski definition) is 2. The minimum absolute atomic E-state index is 0.105. The van der Waals surface area contributed by atoms with Gasteiger partial charge < -0.3 is 20.1 Å². The first-order valence-electron chi connectivity index (χ1n) is 16.5. The van der Waals surface area contributed by atoms with Crippen molar-refractivity contribution in [1.29, 1.82) is 0 Å². The second-order valence-corrected chi connectivity index (χ2v) is 14.2. The van der Waals surface area contributed by atoms with Crippen molar-refractivity contribution in [2.75, 3.05) is 23.8 Å². The summed E-state index contributed by atoms with van der Waals surface area (Å²) in [7, 11) is 0. The average molecular weight is 803 g/mol. The highest BCUT2D eigenvalue weighted by Crippen LogP contribution is 2.56. The third kappa shape index (κ3) is 6.94. The summed E-state index contributed by atoms with van der Waals surface area (Å²) in [6.07, 6.45) is 0. The number of nitrogens with one attached hydrogen (secondary N) is 2. The molecule has 6 nitrogen and oxygen atoms in total. The Morgan fingerprint density at radius 3 is 1.33 bits per heavy atom. The Bertz CT molecular complexity index is 2090. The zero-order valence-corrected chi connectivity index (χ0v) is 31.2. The van der Waals surface area contributed by atoms with E-state index in [1.165, 1.54) is 11.1 Å². The van der Waals surface area contributed by atoms with E-state index in [4.69, 9.17) is 9.47 Å². The molecular formula is C43H34Br2N2O4. The Morgan fingerprint density at radius 2 is 0.941 bits per heavy atom. The normalized spacial score (nSPS) is 12.4. The molecule has 0 saturated heterocycles. The molecule has 1 aliphatic carbocycles. The number of rotatable bonds is 10. The fourth-order valence-corrected chi connectivity index (χ4v) is 7.23. The molecule has 1 aliphatic rings. The van der Waals surface area contributed by atoms with Gasteiger partial charge in [0.25, 0.3) is 11.8 Å². The molecule has 2 N–H and O–H groups in total. The monoisotopic (exact) mass is 800 g/mol. The maximum atomic E-state index is 12.9. The van der Waals surface area contributed by atoms with Gasteiger partial charge in [0, 0.05) is 20.3 Å². The summed E-state index contributed by atoms with van der Waals surface area (Å²) < 4.78 is 13.5. The third-order valence-corrected chi connectivity index (χ3v) is 10.9. The molecule has 0 fully saturated rings. The summed E-state index contributed by atoms with van der Waals surface area (Å²) >= 11 is 6.98. The molecular weight excluding hydrogens is 768 g/mol. The Labute approximate surface area is 314 Å². The summed E-state index contributed by atoms with van der Waals surface area (Å²) in [5.41, 5.74) is 9.54. The summed E-state index contributed by atoms with van der Waals surface area (Å²) in [6.45, 7) is 3.74. The standard InChI is InChI=1S/C43H34Br2N2O4/c1-27-23-33(19-21-39(27)44)50-25-41(48)46-31-15-11-29(12-16-31)43(37-9-5-3-7-35(37)36-8-4-6-10-38(36)43)30-13-17-32(18-14-30)47-42(49)26-51-34-20-22-40(45)28(2)24-34/h3-24H,25-26H2,1-2H3,(H,46,48)(H,47,49). The number of benzene rings is 6. The van der Waals surface area contributed by atoms with Gasteiger partial charge in [-0.15, -0.1) is 0 Å². The second kappa shape index (κ2) is 14.6. The number of carbonyl (C=O) groups excluding carboxylic acids is 2. The number of hydrogen-bond acceptors (Lipinski definition) is 4. The van der Waals surface area contributed by atoms with Gasteiger partial charge in [-0.05, 0) is 119 Å². The molecule has 0 bridgehead atoms. The second-order valence-electron chi connectivity index (χ2n) is 12.5. The van der Waals surface area contributed by atoms with Gasteiger partial charge in [-0.3, -0.25) is 9.59 Å². The molecule has 254 valence electrons. The predicted octanol–water partition coefficient (Wildman–Crippen LogP) is 10.2. The highest BCUT2D eigenvalue weighted by molar-refractivity contribution is 9.10. The molecule has 6 aromatic carbocycles. The van der Waals surface area contributed by atoms with Crippen LogP contribution in [0.15, 0.2) is 142 Å². The first-order chi connectivity index (χ1) is 24.7. The van der Waals surface area contributed by atoms with Crippen molar-refractivity contribution in [3.05, 3.63) is 176 Å². The Balaban J connectivity index is 1.15. The van der Waals surface area contributed by atoms with Crippen LogP contribution < -0.4 is 20.1 Å². The molecule has 0 spiro atoms. The van der Waals surface area contributed by atoms with Crippen molar-refractivity contribution in [2.24, 2.45) is 0 Å². The molecule has 0 aromatic heterocycles. The van der Waals surface area contributed by atoms with Crippen LogP contribution in [0.2, 0.25) is 0 Å². The number of amides is 2. The van der Waals surface area contributed by atoms with Crippen molar-refractivity contribution in [3.8, 4) is 22.6 Å². The van der Waals surface area contributed by atoms with E-state index in [0.29, 0.717) is 22.9 Å². The van der Waals surface area contributed by atoms with Crippen molar-refractivity contribution in [3.63, 3.8) is 0 Å². The summed E-state index contributed by atoms with van der Waals surface area (Å²) in [5.74, 6) is 0.780. The minimum atomic E-state index is -0.636. The van der Waals surface area contributed by atoms with Crippen molar-refractivity contribution in [2.45, 2.75) is 19.3 Å². The van der Waals surface area contributed by atoms with E-state index in [1.807, 2.05) is 74.5 Å². The molecule has 51 heavy (non-hydrogen) atoms. The lowest BCUT2D eigenvalue weighted by Crippen LogP contribution is -2.28. The number of anilines is 2. The molecule has 2 amide bonds. The molecule has 0 unspecified atom stereocenters. The summed E-state index contributed by atoms with van der Waals surface area (Å²) in [6, 6.07) is 44.3. The Morgan fingerprint density at radius 1 is 0.549 bits per heavy atom. The largest absolute Gasteiger partial charge is 0.484 e. The van der Waals surface area contributed by atoms with Gasteiger partial charge in [-0.1, -0.05) is 105 Å². The first-order valence-corrected chi connectivity index (χ1v) is 18.1. The summed E-state index contributed by atoms with van der Waals surface area (Å²) in [5, 5.41) is 5.94.